The number of nitrogens with two attached hydrogens (primary N) is 1. The number of alkyl halides is 3. The van der Waals surface area contributed by atoms with Gasteiger partial charge in [-0.25, -0.2) is 0 Å². The van der Waals surface area contributed by atoms with Gasteiger partial charge in [0.15, 0.2) is 0 Å². The van der Waals surface area contributed by atoms with Gasteiger partial charge in [-0.2, -0.15) is 13.2 Å². The van der Waals surface area contributed by atoms with Crippen LogP contribution < -0.4 is 11.1 Å². The summed E-state index contributed by atoms with van der Waals surface area (Å²) >= 11 is 4.71. The van der Waals surface area contributed by atoms with Crippen molar-refractivity contribution < 1.29 is 22.7 Å². The number of amides is 1. The molecule has 0 aliphatic rings. The number of rotatable bonds is 7. The molecule has 0 fully saturated rings. The molecule has 0 radical (unpaired) electrons. The van der Waals surface area contributed by atoms with Crippen molar-refractivity contribution in [3.63, 3.8) is 0 Å². The van der Waals surface area contributed by atoms with Gasteiger partial charge in [0.05, 0.1) is 11.0 Å². The third kappa shape index (κ3) is 8.87. The minimum absolute atomic E-state index is 0.107. The standard InChI is InChI=1S/C9H15F3N2O2S/c1-2-3-6(8(13)17)14-7(15)4-16-5-9(10,11)12/h6H,2-5H2,1H3,(H2,13,17)(H,14,15). The maximum absolute atomic E-state index is 11.7. The van der Waals surface area contributed by atoms with Crippen LogP contribution in [0.5, 0.6) is 0 Å². The van der Waals surface area contributed by atoms with Crippen LogP contribution >= 0.6 is 12.2 Å². The average molecular weight is 272 g/mol. The summed E-state index contributed by atoms with van der Waals surface area (Å²) < 4.78 is 39.4. The molecule has 1 atom stereocenters. The maximum atomic E-state index is 11.7. The van der Waals surface area contributed by atoms with Gasteiger partial charge in [0.1, 0.15) is 13.2 Å². The molecule has 0 saturated carbocycles. The molecule has 100 valence electrons. The Bertz CT molecular complexity index is 271. The highest BCUT2D eigenvalue weighted by Gasteiger charge is 2.28. The minimum atomic E-state index is -4.44. The summed E-state index contributed by atoms with van der Waals surface area (Å²) in [7, 11) is 0. The van der Waals surface area contributed by atoms with Crippen molar-refractivity contribution in [1.29, 1.82) is 0 Å². The smallest absolute Gasteiger partial charge is 0.392 e. The molecule has 0 spiro atoms. The van der Waals surface area contributed by atoms with Crippen molar-refractivity contribution in [1.82, 2.24) is 5.32 Å². The van der Waals surface area contributed by atoms with Crippen LogP contribution in [0.1, 0.15) is 19.8 Å². The van der Waals surface area contributed by atoms with E-state index in [9.17, 15) is 18.0 Å². The molecule has 1 amide bonds. The number of hydrogen-bond acceptors (Lipinski definition) is 3. The van der Waals surface area contributed by atoms with Gasteiger partial charge in [0.25, 0.3) is 0 Å². The van der Waals surface area contributed by atoms with E-state index in [-0.39, 0.29) is 4.99 Å². The molecular weight excluding hydrogens is 257 g/mol. The fraction of sp³-hybridized carbons (Fsp3) is 0.778. The van der Waals surface area contributed by atoms with Crippen molar-refractivity contribution in [3.8, 4) is 0 Å². The summed E-state index contributed by atoms with van der Waals surface area (Å²) in [6.45, 7) is -0.244. The Morgan fingerprint density at radius 1 is 1.53 bits per heavy atom. The number of carbonyl (C=O) groups excluding carboxylic acids is 1. The summed E-state index contributed by atoms with van der Waals surface area (Å²) in [6, 6.07) is -0.503. The second kappa shape index (κ2) is 7.44. The van der Waals surface area contributed by atoms with E-state index in [0.29, 0.717) is 6.42 Å². The zero-order chi connectivity index (χ0) is 13.5. The number of halogens is 3. The monoisotopic (exact) mass is 272 g/mol. The number of hydrogen-bond donors (Lipinski definition) is 2. The number of thiocarbonyl (C=S) groups is 1. The zero-order valence-corrected chi connectivity index (χ0v) is 10.2. The molecule has 0 heterocycles. The molecule has 0 aliphatic heterocycles. The van der Waals surface area contributed by atoms with Crippen LogP contribution in [0.2, 0.25) is 0 Å². The van der Waals surface area contributed by atoms with Gasteiger partial charge in [-0.3, -0.25) is 4.79 Å². The van der Waals surface area contributed by atoms with Gasteiger partial charge in [0.2, 0.25) is 5.91 Å². The minimum Gasteiger partial charge on any atom is -0.392 e. The van der Waals surface area contributed by atoms with Crippen LogP contribution in [0.15, 0.2) is 0 Å². The van der Waals surface area contributed by atoms with Crippen molar-refractivity contribution in [2.45, 2.75) is 32.0 Å². The molecule has 17 heavy (non-hydrogen) atoms. The summed E-state index contributed by atoms with van der Waals surface area (Å²) in [5.41, 5.74) is 5.36. The summed E-state index contributed by atoms with van der Waals surface area (Å²) in [5, 5.41) is 2.41. The normalized spacial score (nSPS) is 13.2. The van der Waals surface area contributed by atoms with E-state index < -0.39 is 31.3 Å². The molecule has 0 saturated heterocycles. The zero-order valence-electron chi connectivity index (χ0n) is 9.34. The number of ether oxygens (including phenoxy) is 1. The highest BCUT2D eigenvalue weighted by Crippen LogP contribution is 2.14. The van der Waals surface area contributed by atoms with E-state index in [0.717, 1.165) is 6.42 Å². The van der Waals surface area contributed by atoms with E-state index in [1.54, 1.807) is 0 Å². The summed E-state index contributed by atoms with van der Waals surface area (Å²) in [4.78, 5) is 11.3. The van der Waals surface area contributed by atoms with Gasteiger partial charge in [-0.05, 0) is 6.42 Å². The first kappa shape index (κ1) is 16.1. The lowest BCUT2D eigenvalue weighted by Gasteiger charge is -2.16. The van der Waals surface area contributed by atoms with E-state index in [1.807, 2.05) is 6.92 Å². The Labute approximate surface area is 103 Å². The average Bonchev–Trinajstić information content (AvgIpc) is 2.14. The molecule has 0 aromatic carbocycles. The topological polar surface area (TPSA) is 64.3 Å². The van der Waals surface area contributed by atoms with Gasteiger partial charge in [-0.1, -0.05) is 25.6 Å². The number of nitrogens with one attached hydrogen (secondary N) is 1. The van der Waals surface area contributed by atoms with Crippen molar-refractivity contribution in [3.05, 3.63) is 0 Å². The summed E-state index contributed by atoms with van der Waals surface area (Å²) in [6.07, 6.45) is -3.15. The maximum Gasteiger partial charge on any atom is 0.411 e. The van der Waals surface area contributed by atoms with E-state index in [1.165, 1.54) is 0 Å². The van der Waals surface area contributed by atoms with Gasteiger partial charge in [0, 0.05) is 0 Å². The molecule has 4 nitrogen and oxygen atoms in total. The summed E-state index contributed by atoms with van der Waals surface area (Å²) in [5.74, 6) is -0.666. The highest BCUT2D eigenvalue weighted by atomic mass is 32.1. The molecule has 8 heteroatoms. The Balaban J connectivity index is 3.95. The van der Waals surface area contributed by atoms with Crippen molar-refractivity contribution in [2.75, 3.05) is 13.2 Å². The fourth-order valence-corrected chi connectivity index (χ4v) is 1.25. The predicted molar refractivity (Wildman–Crippen MR) is 60.5 cm³/mol. The molecule has 0 bridgehead atoms. The first-order chi connectivity index (χ1) is 7.76. The Morgan fingerprint density at radius 3 is 2.53 bits per heavy atom. The van der Waals surface area contributed by atoms with Crippen molar-refractivity contribution in [2.24, 2.45) is 5.73 Å². The quantitative estimate of drug-likeness (QED) is 0.682. The van der Waals surface area contributed by atoms with Crippen LogP contribution in [0.3, 0.4) is 0 Å². The molecule has 0 aliphatic carbocycles. The third-order valence-electron chi connectivity index (χ3n) is 1.75. The Hall–Kier alpha value is -0.890. The lowest BCUT2D eigenvalue weighted by atomic mass is 10.1. The predicted octanol–water partition coefficient (Wildman–Crippen LogP) is 1.14. The third-order valence-corrected chi connectivity index (χ3v) is 2.04. The molecule has 0 aromatic heterocycles. The lowest BCUT2D eigenvalue weighted by Crippen LogP contribution is -2.45. The van der Waals surface area contributed by atoms with Gasteiger partial charge >= 0.3 is 6.18 Å². The van der Waals surface area contributed by atoms with Gasteiger partial charge < -0.3 is 15.8 Å². The van der Waals surface area contributed by atoms with Crippen LogP contribution in [-0.4, -0.2) is 36.3 Å². The fourth-order valence-electron chi connectivity index (χ4n) is 1.07. The molecule has 0 aromatic rings. The van der Waals surface area contributed by atoms with Crippen molar-refractivity contribution >= 4 is 23.1 Å². The highest BCUT2D eigenvalue weighted by molar-refractivity contribution is 7.80. The van der Waals surface area contributed by atoms with E-state index >= 15 is 0 Å². The second-order valence-electron chi connectivity index (χ2n) is 3.42. The Kier molecular flexibility index (Phi) is 7.05. The van der Waals surface area contributed by atoms with E-state index in [2.05, 4.69) is 10.1 Å². The molecule has 3 N–H and O–H groups in total. The SMILES string of the molecule is CCCC(NC(=O)COCC(F)(F)F)C(N)=S. The largest absolute Gasteiger partial charge is 0.411 e. The Morgan fingerprint density at radius 2 is 2.12 bits per heavy atom. The first-order valence-electron chi connectivity index (χ1n) is 4.99. The molecular formula is C9H15F3N2O2S. The number of carbonyl (C=O) groups is 1. The van der Waals surface area contributed by atoms with Crippen LogP contribution in [0.4, 0.5) is 13.2 Å². The molecule has 0 rings (SSSR count). The van der Waals surface area contributed by atoms with E-state index in [4.69, 9.17) is 18.0 Å². The second-order valence-corrected chi connectivity index (χ2v) is 3.89. The van der Waals surface area contributed by atoms with Crippen LogP contribution in [0.25, 0.3) is 0 Å². The molecule has 1 unspecified atom stereocenters. The van der Waals surface area contributed by atoms with Gasteiger partial charge in [-0.15, -0.1) is 0 Å². The van der Waals surface area contributed by atoms with Crippen LogP contribution in [-0.2, 0) is 9.53 Å². The lowest BCUT2D eigenvalue weighted by molar-refractivity contribution is -0.175. The van der Waals surface area contributed by atoms with Crippen LogP contribution in [0, 0.1) is 0 Å². The first-order valence-corrected chi connectivity index (χ1v) is 5.40.